The quantitative estimate of drug-likeness (QED) is 0.492. The number of thioether (sulfide) groups is 1. The van der Waals surface area contributed by atoms with Gasteiger partial charge >= 0.3 is 0 Å². The second-order valence-electron chi connectivity index (χ2n) is 2.30. The molecule has 0 spiro atoms. The summed E-state index contributed by atoms with van der Waals surface area (Å²) in [6.45, 7) is 0. The van der Waals surface area contributed by atoms with Gasteiger partial charge in [0, 0.05) is 20.3 Å². The summed E-state index contributed by atoms with van der Waals surface area (Å²) < 4.78 is 0. The van der Waals surface area contributed by atoms with Gasteiger partial charge in [0.05, 0.1) is 0 Å². The Kier molecular flexibility index (Phi) is 2.70. The molecule has 0 bridgehead atoms. The molecule has 0 N–H and O–H groups in total. The summed E-state index contributed by atoms with van der Waals surface area (Å²) in [5, 5.41) is 0.816. The van der Waals surface area contributed by atoms with Gasteiger partial charge in [0.2, 0.25) is 0 Å². The largest absolute Gasteiger partial charge is 0.363 e. The molecule has 0 aliphatic heterocycles. The van der Waals surface area contributed by atoms with Crippen molar-refractivity contribution in [3.63, 3.8) is 0 Å². The van der Waals surface area contributed by atoms with Crippen LogP contribution in [0.5, 0.6) is 0 Å². The lowest BCUT2D eigenvalue weighted by Gasteiger charge is -2.10. The monoisotopic (exact) mass is 169 g/mol. The second-order valence-corrected chi connectivity index (χ2v) is 3.07. The van der Waals surface area contributed by atoms with Crippen LogP contribution in [-0.4, -0.2) is 30.3 Å². The number of hydrogen-bond donors (Lipinski definition) is 0. The topological polar surface area (TPSA) is 29.0 Å². The lowest BCUT2D eigenvalue weighted by molar-refractivity contribution is 0.930. The van der Waals surface area contributed by atoms with Crippen LogP contribution in [0.2, 0.25) is 0 Å². The summed E-state index contributed by atoms with van der Waals surface area (Å²) in [6, 6.07) is 1.89. The summed E-state index contributed by atoms with van der Waals surface area (Å²) >= 11 is 1.55. The van der Waals surface area contributed by atoms with E-state index in [-0.39, 0.29) is 0 Å². The van der Waals surface area contributed by atoms with Gasteiger partial charge in [-0.1, -0.05) is 11.8 Å². The van der Waals surface area contributed by atoms with Crippen molar-refractivity contribution < 1.29 is 0 Å². The lowest BCUT2D eigenvalue weighted by atomic mass is 10.5. The van der Waals surface area contributed by atoms with Crippen LogP contribution in [0.4, 0.5) is 5.82 Å². The van der Waals surface area contributed by atoms with Crippen LogP contribution < -0.4 is 4.90 Å². The van der Waals surface area contributed by atoms with E-state index in [1.807, 2.05) is 31.3 Å². The molecule has 0 radical (unpaired) electrons. The number of anilines is 1. The van der Waals surface area contributed by atoms with E-state index in [2.05, 4.69) is 9.97 Å². The van der Waals surface area contributed by atoms with Gasteiger partial charge in [-0.3, -0.25) is 0 Å². The molecule has 0 aliphatic rings. The van der Waals surface area contributed by atoms with Crippen LogP contribution in [0, 0.1) is 0 Å². The highest BCUT2D eigenvalue weighted by Gasteiger charge is 1.97. The van der Waals surface area contributed by atoms with Crippen molar-refractivity contribution >= 4 is 17.6 Å². The molecule has 3 nitrogen and oxygen atoms in total. The standard InChI is InChI=1S/C7H11N3S/c1-10(2)6-4-5-8-7(9-6)11-3/h4-5H,1-3H3. The SMILES string of the molecule is CSc1nccc(N(C)C)n1. The molecule has 1 aromatic rings. The van der Waals surface area contributed by atoms with E-state index in [0.29, 0.717) is 0 Å². The number of aromatic nitrogens is 2. The fraction of sp³-hybridized carbons (Fsp3) is 0.429. The molecule has 1 heterocycles. The Hall–Kier alpha value is -0.770. The average molecular weight is 169 g/mol. The van der Waals surface area contributed by atoms with Crippen LogP contribution in [0.15, 0.2) is 17.4 Å². The van der Waals surface area contributed by atoms with Crippen molar-refractivity contribution in [2.75, 3.05) is 25.3 Å². The number of nitrogens with zero attached hydrogens (tertiary/aromatic N) is 3. The molecule has 1 rings (SSSR count). The molecule has 11 heavy (non-hydrogen) atoms. The Morgan fingerprint density at radius 2 is 2.18 bits per heavy atom. The van der Waals surface area contributed by atoms with Crippen molar-refractivity contribution in [3.05, 3.63) is 12.3 Å². The third kappa shape index (κ3) is 2.08. The van der Waals surface area contributed by atoms with Gasteiger partial charge in [-0.05, 0) is 12.3 Å². The number of rotatable bonds is 2. The number of hydrogen-bond acceptors (Lipinski definition) is 4. The maximum absolute atomic E-state index is 4.27. The zero-order valence-corrected chi connectivity index (χ0v) is 7.72. The van der Waals surface area contributed by atoms with Gasteiger partial charge in [-0.15, -0.1) is 0 Å². The van der Waals surface area contributed by atoms with Crippen molar-refractivity contribution in [1.82, 2.24) is 9.97 Å². The molecule has 0 atom stereocenters. The Balaban J connectivity index is 2.91. The van der Waals surface area contributed by atoms with E-state index in [0.717, 1.165) is 11.0 Å². The summed E-state index contributed by atoms with van der Waals surface area (Å²) in [5.41, 5.74) is 0. The molecular weight excluding hydrogens is 158 g/mol. The van der Waals surface area contributed by atoms with Gasteiger partial charge in [-0.25, -0.2) is 9.97 Å². The smallest absolute Gasteiger partial charge is 0.189 e. The van der Waals surface area contributed by atoms with Gasteiger partial charge in [0.1, 0.15) is 5.82 Å². The van der Waals surface area contributed by atoms with Crippen LogP contribution >= 0.6 is 11.8 Å². The maximum Gasteiger partial charge on any atom is 0.189 e. The summed E-state index contributed by atoms with van der Waals surface area (Å²) in [7, 11) is 3.93. The molecule has 0 fully saturated rings. The van der Waals surface area contributed by atoms with Crippen LogP contribution in [0.1, 0.15) is 0 Å². The van der Waals surface area contributed by atoms with E-state index >= 15 is 0 Å². The highest BCUT2D eigenvalue weighted by atomic mass is 32.2. The molecule has 0 aliphatic carbocycles. The van der Waals surface area contributed by atoms with Crippen LogP contribution in [0.3, 0.4) is 0 Å². The third-order valence-corrected chi connectivity index (χ3v) is 1.82. The zero-order valence-electron chi connectivity index (χ0n) is 6.90. The Labute approximate surface area is 70.8 Å². The van der Waals surface area contributed by atoms with E-state index in [4.69, 9.17) is 0 Å². The van der Waals surface area contributed by atoms with Crippen molar-refractivity contribution in [3.8, 4) is 0 Å². The van der Waals surface area contributed by atoms with Gasteiger partial charge in [0.15, 0.2) is 5.16 Å². The van der Waals surface area contributed by atoms with Gasteiger partial charge in [-0.2, -0.15) is 0 Å². The normalized spacial score (nSPS) is 9.73. The molecule has 0 saturated carbocycles. The molecule has 0 amide bonds. The zero-order chi connectivity index (χ0) is 8.27. The molecule has 0 saturated heterocycles. The van der Waals surface area contributed by atoms with Gasteiger partial charge in [0.25, 0.3) is 0 Å². The summed E-state index contributed by atoms with van der Waals surface area (Å²) in [4.78, 5) is 10.3. The molecular formula is C7H11N3S. The van der Waals surface area contributed by atoms with E-state index in [1.54, 1.807) is 18.0 Å². The minimum absolute atomic E-state index is 0.816. The first-order valence-corrected chi connectivity index (χ1v) is 4.51. The fourth-order valence-corrected chi connectivity index (χ4v) is 1.03. The van der Waals surface area contributed by atoms with Crippen LogP contribution in [-0.2, 0) is 0 Å². The first kappa shape index (κ1) is 8.33. The first-order chi connectivity index (χ1) is 5.24. The molecule has 0 aromatic carbocycles. The maximum atomic E-state index is 4.27. The Morgan fingerprint density at radius 3 is 2.73 bits per heavy atom. The predicted molar refractivity (Wildman–Crippen MR) is 48.1 cm³/mol. The van der Waals surface area contributed by atoms with Crippen molar-refractivity contribution in [2.24, 2.45) is 0 Å². The van der Waals surface area contributed by atoms with E-state index in [1.165, 1.54) is 0 Å². The highest BCUT2D eigenvalue weighted by Crippen LogP contribution is 2.11. The van der Waals surface area contributed by atoms with E-state index < -0.39 is 0 Å². The predicted octanol–water partition coefficient (Wildman–Crippen LogP) is 1.26. The molecule has 0 unspecified atom stereocenters. The minimum Gasteiger partial charge on any atom is -0.363 e. The summed E-state index contributed by atoms with van der Waals surface area (Å²) in [6.07, 6.45) is 3.74. The fourth-order valence-electron chi connectivity index (χ4n) is 0.679. The average Bonchev–Trinajstić information content (AvgIpc) is 2.05. The lowest BCUT2D eigenvalue weighted by Crippen LogP contribution is -2.10. The molecule has 4 heteroatoms. The molecule has 60 valence electrons. The van der Waals surface area contributed by atoms with E-state index in [9.17, 15) is 0 Å². The third-order valence-electron chi connectivity index (χ3n) is 1.26. The second kappa shape index (κ2) is 3.57. The van der Waals surface area contributed by atoms with Gasteiger partial charge < -0.3 is 4.90 Å². The van der Waals surface area contributed by atoms with Crippen LogP contribution in [0.25, 0.3) is 0 Å². The Morgan fingerprint density at radius 1 is 1.45 bits per heavy atom. The van der Waals surface area contributed by atoms with Crippen molar-refractivity contribution in [1.29, 1.82) is 0 Å². The highest BCUT2D eigenvalue weighted by molar-refractivity contribution is 7.98. The minimum atomic E-state index is 0.816. The molecule has 1 aromatic heterocycles. The Bertz CT molecular complexity index is 237. The van der Waals surface area contributed by atoms with Crippen molar-refractivity contribution in [2.45, 2.75) is 5.16 Å². The first-order valence-electron chi connectivity index (χ1n) is 3.28. The summed E-state index contributed by atoms with van der Waals surface area (Å²) in [5.74, 6) is 0.948.